The third-order valence-corrected chi connectivity index (χ3v) is 1.70. The van der Waals surface area contributed by atoms with Crippen molar-refractivity contribution < 1.29 is 19.1 Å². The lowest BCUT2D eigenvalue weighted by Gasteiger charge is -2.16. The van der Waals surface area contributed by atoms with Crippen LogP contribution in [-0.2, 0) is 19.1 Å². The van der Waals surface area contributed by atoms with Gasteiger partial charge in [0.1, 0.15) is 0 Å². The maximum absolute atomic E-state index is 11.5. The summed E-state index contributed by atoms with van der Waals surface area (Å²) >= 11 is 0. The second-order valence-electron chi connectivity index (χ2n) is 3.04. The highest BCUT2D eigenvalue weighted by atomic mass is 16.6. The van der Waals surface area contributed by atoms with Crippen LogP contribution in [0.3, 0.4) is 0 Å². The van der Waals surface area contributed by atoms with Gasteiger partial charge in [0.2, 0.25) is 6.04 Å². The van der Waals surface area contributed by atoms with Gasteiger partial charge in [0.15, 0.2) is 0 Å². The van der Waals surface area contributed by atoms with Crippen molar-refractivity contribution in [2.45, 2.75) is 26.8 Å². The molecule has 0 rings (SSSR count). The third-order valence-electron chi connectivity index (χ3n) is 1.70. The Bertz CT molecular complexity index is 326. The van der Waals surface area contributed by atoms with Crippen molar-refractivity contribution in [3.63, 3.8) is 0 Å². The SMILES string of the molecule is CCOC(=O)C(N/C(C)=C\C#N)C(=O)OCC. The molecule has 0 atom stereocenters. The van der Waals surface area contributed by atoms with Crippen LogP contribution in [0.1, 0.15) is 20.8 Å². The van der Waals surface area contributed by atoms with Gasteiger partial charge in [-0.1, -0.05) is 0 Å². The number of carbonyl (C=O) groups is 2. The highest BCUT2D eigenvalue weighted by Crippen LogP contribution is 1.98. The van der Waals surface area contributed by atoms with E-state index in [0.717, 1.165) is 0 Å². The average molecular weight is 240 g/mol. The smallest absolute Gasteiger partial charge is 0.340 e. The molecule has 0 saturated heterocycles. The van der Waals surface area contributed by atoms with Crippen LogP contribution in [0.4, 0.5) is 0 Å². The first-order chi connectivity index (χ1) is 8.06. The Morgan fingerprint density at radius 3 is 2.12 bits per heavy atom. The predicted molar refractivity (Wildman–Crippen MR) is 59.6 cm³/mol. The number of hydrogen-bond acceptors (Lipinski definition) is 6. The van der Waals surface area contributed by atoms with Crippen LogP contribution in [0.15, 0.2) is 11.8 Å². The number of nitriles is 1. The van der Waals surface area contributed by atoms with Crippen LogP contribution in [0.5, 0.6) is 0 Å². The van der Waals surface area contributed by atoms with Crippen LogP contribution >= 0.6 is 0 Å². The summed E-state index contributed by atoms with van der Waals surface area (Å²) in [6.07, 6.45) is 1.19. The number of allylic oxidation sites excluding steroid dienone is 2. The molecular weight excluding hydrogens is 224 g/mol. The molecule has 17 heavy (non-hydrogen) atoms. The second-order valence-corrected chi connectivity index (χ2v) is 3.04. The molecule has 6 nitrogen and oxygen atoms in total. The molecule has 0 unspecified atom stereocenters. The van der Waals surface area contributed by atoms with Crippen LogP contribution in [0.2, 0.25) is 0 Å². The molecule has 0 aliphatic carbocycles. The van der Waals surface area contributed by atoms with Gasteiger partial charge in [0.25, 0.3) is 0 Å². The van der Waals surface area contributed by atoms with E-state index in [1.165, 1.54) is 6.08 Å². The number of esters is 2. The van der Waals surface area contributed by atoms with Gasteiger partial charge in [0.05, 0.1) is 19.3 Å². The monoisotopic (exact) mass is 240 g/mol. The van der Waals surface area contributed by atoms with Crippen molar-refractivity contribution in [3.8, 4) is 6.07 Å². The highest BCUT2D eigenvalue weighted by Gasteiger charge is 2.29. The molecule has 0 saturated carbocycles. The molecule has 6 heteroatoms. The molecule has 0 fully saturated rings. The van der Waals surface area contributed by atoms with E-state index in [4.69, 9.17) is 14.7 Å². The van der Waals surface area contributed by atoms with Gasteiger partial charge >= 0.3 is 11.9 Å². The van der Waals surface area contributed by atoms with E-state index < -0.39 is 18.0 Å². The number of carbonyl (C=O) groups excluding carboxylic acids is 2. The summed E-state index contributed by atoms with van der Waals surface area (Å²) in [7, 11) is 0. The Morgan fingerprint density at radius 1 is 1.29 bits per heavy atom. The van der Waals surface area contributed by atoms with E-state index in [2.05, 4.69) is 5.32 Å². The average Bonchev–Trinajstić information content (AvgIpc) is 2.26. The zero-order chi connectivity index (χ0) is 13.3. The maximum atomic E-state index is 11.5. The van der Waals surface area contributed by atoms with E-state index in [9.17, 15) is 9.59 Å². The van der Waals surface area contributed by atoms with Crippen LogP contribution in [0.25, 0.3) is 0 Å². The number of rotatable bonds is 6. The molecule has 0 heterocycles. The molecular formula is C11H16N2O4. The van der Waals surface area contributed by atoms with Crippen molar-refractivity contribution >= 4 is 11.9 Å². The summed E-state index contributed by atoms with van der Waals surface area (Å²) in [4.78, 5) is 23.0. The summed E-state index contributed by atoms with van der Waals surface area (Å²) < 4.78 is 9.48. The first-order valence-electron chi connectivity index (χ1n) is 5.23. The first-order valence-corrected chi connectivity index (χ1v) is 5.23. The predicted octanol–water partition coefficient (Wildman–Crippen LogP) is 0.498. The minimum absolute atomic E-state index is 0.164. The lowest BCUT2D eigenvalue weighted by atomic mass is 10.2. The molecule has 0 aliphatic rings. The van der Waals surface area contributed by atoms with Crippen molar-refractivity contribution in [1.82, 2.24) is 5.32 Å². The molecule has 0 amide bonds. The maximum Gasteiger partial charge on any atom is 0.340 e. The summed E-state index contributed by atoms with van der Waals surface area (Å²) in [5, 5.41) is 11.0. The zero-order valence-electron chi connectivity index (χ0n) is 10.1. The summed E-state index contributed by atoms with van der Waals surface area (Å²) in [6, 6.07) is 0.549. The van der Waals surface area contributed by atoms with Gasteiger partial charge in [0, 0.05) is 11.8 Å². The zero-order valence-corrected chi connectivity index (χ0v) is 10.1. The van der Waals surface area contributed by atoms with E-state index in [0.29, 0.717) is 5.70 Å². The second kappa shape index (κ2) is 8.16. The van der Waals surface area contributed by atoms with Gasteiger partial charge in [-0.15, -0.1) is 0 Å². The van der Waals surface area contributed by atoms with Gasteiger partial charge in [-0.2, -0.15) is 5.26 Å². The fourth-order valence-corrected chi connectivity index (χ4v) is 1.03. The molecule has 0 spiro atoms. The molecule has 0 aromatic heterocycles. The molecule has 0 aromatic rings. The lowest BCUT2D eigenvalue weighted by molar-refractivity contribution is -0.157. The highest BCUT2D eigenvalue weighted by molar-refractivity contribution is 5.99. The number of hydrogen-bond donors (Lipinski definition) is 1. The molecule has 0 aromatic carbocycles. The minimum atomic E-state index is -1.24. The fraction of sp³-hybridized carbons (Fsp3) is 0.545. The Labute approximate surface area is 100 Å². The van der Waals surface area contributed by atoms with Gasteiger partial charge in [-0.05, 0) is 20.8 Å². The summed E-state index contributed by atoms with van der Waals surface area (Å²) in [5.41, 5.74) is 0.388. The van der Waals surface area contributed by atoms with Crippen LogP contribution in [0, 0.1) is 11.3 Å². The van der Waals surface area contributed by atoms with Crippen molar-refractivity contribution in [2.24, 2.45) is 0 Å². The van der Waals surface area contributed by atoms with Crippen LogP contribution in [-0.4, -0.2) is 31.2 Å². The Kier molecular flexibility index (Phi) is 7.19. The van der Waals surface area contributed by atoms with E-state index in [1.807, 2.05) is 0 Å². The molecule has 0 aliphatic heterocycles. The largest absolute Gasteiger partial charge is 0.464 e. The topological polar surface area (TPSA) is 88.4 Å². The molecule has 94 valence electrons. The standard InChI is InChI=1S/C11H16N2O4/c1-4-16-10(14)9(11(15)17-5-2)13-8(3)6-7-12/h6,9,13H,4-5H2,1-3H3/b8-6-. The van der Waals surface area contributed by atoms with Crippen molar-refractivity contribution in [2.75, 3.05) is 13.2 Å². The Balaban J connectivity index is 4.74. The fourth-order valence-electron chi connectivity index (χ4n) is 1.03. The Morgan fingerprint density at radius 2 is 1.76 bits per heavy atom. The van der Waals surface area contributed by atoms with Gasteiger partial charge < -0.3 is 14.8 Å². The van der Waals surface area contributed by atoms with Gasteiger partial charge in [-0.3, -0.25) is 0 Å². The number of nitrogens with one attached hydrogen (secondary N) is 1. The lowest BCUT2D eigenvalue weighted by Crippen LogP contribution is -2.44. The number of nitrogens with zero attached hydrogens (tertiary/aromatic N) is 1. The van der Waals surface area contributed by atoms with E-state index >= 15 is 0 Å². The summed E-state index contributed by atoms with van der Waals surface area (Å²) in [5.74, 6) is -1.45. The van der Waals surface area contributed by atoms with E-state index in [-0.39, 0.29) is 13.2 Å². The van der Waals surface area contributed by atoms with Crippen LogP contribution < -0.4 is 5.32 Å². The normalized spacial score (nSPS) is 10.6. The summed E-state index contributed by atoms with van der Waals surface area (Å²) in [6.45, 7) is 5.17. The third kappa shape index (κ3) is 5.56. The quantitative estimate of drug-likeness (QED) is 0.413. The van der Waals surface area contributed by atoms with Crippen molar-refractivity contribution in [1.29, 1.82) is 5.26 Å². The Hall–Kier alpha value is -2.03. The minimum Gasteiger partial charge on any atom is -0.464 e. The number of ether oxygens (including phenoxy) is 2. The molecule has 0 bridgehead atoms. The molecule has 0 radical (unpaired) electrons. The van der Waals surface area contributed by atoms with Gasteiger partial charge in [-0.25, -0.2) is 9.59 Å². The first kappa shape index (κ1) is 15.0. The molecule has 1 N–H and O–H groups in total. The van der Waals surface area contributed by atoms with Crippen molar-refractivity contribution in [3.05, 3.63) is 11.8 Å². The van der Waals surface area contributed by atoms with E-state index in [1.54, 1.807) is 26.8 Å².